The van der Waals surface area contributed by atoms with Crippen molar-refractivity contribution in [2.24, 2.45) is 4.99 Å². The zero-order chi connectivity index (χ0) is 18.2. The van der Waals surface area contributed by atoms with Gasteiger partial charge in [0.2, 0.25) is 0 Å². The topological polar surface area (TPSA) is 67.8 Å². The third-order valence-electron chi connectivity index (χ3n) is 3.38. The lowest BCUT2D eigenvalue weighted by atomic mass is 10.2. The lowest BCUT2D eigenvalue weighted by molar-refractivity contribution is 0.354. The molecular weight excluding hydrogens is 404 g/mol. The van der Waals surface area contributed by atoms with Crippen LogP contribution in [0.5, 0.6) is 11.5 Å². The SMILES string of the molecule is CCNC(=NCc1cc(OC)c(OC)cc1Br)NCc1ncc(C)s1. The van der Waals surface area contributed by atoms with Crippen molar-refractivity contribution in [1.82, 2.24) is 15.6 Å². The number of rotatable bonds is 7. The van der Waals surface area contributed by atoms with Gasteiger partial charge in [0.1, 0.15) is 5.01 Å². The van der Waals surface area contributed by atoms with Crippen LogP contribution in [0.25, 0.3) is 0 Å². The van der Waals surface area contributed by atoms with Gasteiger partial charge in [0, 0.05) is 22.1 Å². The summed E-state index contributed by atoms with van der Waals surface area (Å²) in [7, 11) is 3.25. The average molecular weight is 427 g/mol. The lowest BCUT2D eigenvalue weighted by Crippen LogP contribution is -2.36. The Bertz CT molecular complexity index is 733. The van der Waals surface area contributed by atoms with Gasteiger partial charge in [-0.2, -0.15) is 0 Å². The number of aryl methyl sites for hydroxylation is 1. The number of benzene rings is 1. The van der Waals surface area contributed by atoms with Crippen LogP contribution in [-0.4, -0.2) is 31.7 Å². The van der Waals surface area contributed by atoms with Gasteiger partial charge in [0.15, 0.2) is 17.5 Å². The number of aromatic nitrogens is 1. The first kappa shape index (κ1) is 19.5. The van der Waals surface area contributed by atoms with Crippen molar-refractivity contribution in [2.45, 2.75) is 26.9 Å². The van der Waals surface area contributed by atoms with Gasteiger partial charge in [-0.3, -0.25) is 0 Å². The van der Waals surface area contributed by atoms with E-state index < -0.39 is 0 Å². The zero-order valence-electron chi connectivity index (χ0n) is 14.9. The quantitative estimate of drug-likeness (QED) is 0.523. The Morgan fingerprint density at radius 1 is 1.24 bits per heavy atom. The first-order valence-electron chi connectivity index (χ1n) is 7.91. The highest BCUT2D eigenvalue weighted by molar-refractivity contribution is 9.10. The molecule has 8 heteroatoms. The molecule has 2 N–H and O–H groups in total. The summed E-state index contributed by atoms with van der Waals surface area (Å²) >= 11 is 5.24. The molecule has 0 radical (unpaired) electrons. The van der Waals surface area contributed by atoms with Gasteiger partial charge < -0.3 is 20.1 Å². The van der Waals surface area contributed by atoms with Crippen molar-refractivity contribution >= 4 is 33.2 Å². The minimum atomic E-state index is 0.507. The molecule has 2 aromatic rings. The van der Waals surface area contributed by atoms with Gasteiger partial charge in [-0.05, 0) is 31.5 Å². The Morgan fingerprint density at radius 2 is 1.96 bits per heavy atom. The van der Waals surface area contributed by atoms with Crippen LogP contribution < -0.4 is 20.1 Å². The summed E-state index contributed by atoms with van der Waals surface area (Å²) in [5.41, 5.74) is 1.01. The molecule has 0 saturated carbocycles. The Kier molecular flexibility index (Phi) is 7.52. The smallest absolute Gasteiger partial charge is 0.191 e. The summed E-state index contributed by atoms with van der Waals surface area (Å²) in [6.45, 7) is 6.03. The maximum absolute atomic E-state index is 5.36. The summed E-state index contributed by atoms with van der Waals surface area (Å²) < 4.78 is 11.6. The fourth-order valence-corrected chi connectivity index (χ4v) is 3.34. The van der Waals surface area contributed by atoms with Crippen LogP contribution in [-0.2, 0) is 13.1 Å². The van der Waals surface area contributed by atoms with E-state index in [0.29, 0.717) is 24.6 Å². The van der Waals surface area contributed by atoms with Crippen LogP contribution in [0.2, 0.25) is 0 Å². The van der Waals surface area contributed by atoms with Crippen molar-refractivity contribution in [1.29, 1.82) is 0 Å². The number of guanidine groups is 1. The van der Waals surface area contributed by atoms with Gasteiger partial charge in [-0.25, -0.2) is 9.98 Å². The van der Waals surface area contributed by atoms with E-state index in [1.165, 1.54) is 4.88 Å². The monoisotopic (exact) mass is 426 g/mol. The Morgan fingerprint density at radius 3 is 2.56 bits per heavy atom. The average Bonchev–Trinajstić information content (AvgIpc) is 3.03. The second-order valence-electron chi connectivity index (χ2n) is 5.21. The van der Waals surface area contributed by atoms with Crippen molar-refractivity contribution in [3.8, 4) is 11.5 Å². The van der Waals surface area contributed by atoms with Gasteiger partial charge in [-0.15, -0.1) is 11.3 Å². The number of methoxy groups -OCH3 is 2. The second kappa shape index (κ2) is 9.62. The lowest BCUT2D eigenvalue weighted by Gasteiger charge is -2.12. The highest BCUT2D eigenvalue weighted by atomic mass is 79.9. The maximum atomic E-state index is 5.36. The van der Waals surface area contributed by atoms with E-state index in [9.17, 15) is 0 Å². The predicted octanol–water partition coefficient (Wildman–Crippen LogP) is 3.49. The Labute approximate surface area is 160 Å². The molecule has 0 atom stereocenters. The highest BCUT2D eigenvalue weighted by Crippen LogP contribution is 2.33. The Balaban J connectivity index is 2.09. The zero-order valence-corrected chi connectivity index (χ0v) is 17.3. The number of hydrogen-bond donors (Lipinski definition) is 2. The van der Waals surface area contributed by atoms with Crippen LogP contribution in [0.3, 0.4) is 0 Å². The van der Waals surface area contributed by atoms with Gasteiger partial charge in [0.25, 0.3) is 0 Å². The maximum Gasteiger partial charge on any atom is 0.191 e. The fraction of sp³-hybridized carbons (Fsp3) is 0.412. The van der Waals surface area contributed by atoms with Crippen LogP contribution in [0.4, 0.5) is 0 Å². The molecule has 1 aromatic carbocycles. The van der Waals surface area contributed by atoms with E-state index >= 15 is 0 Å². The molecular formula is C17H23BrN4O2S. The number of halogens is 1. The van der Waals surface area contributed by atoms with Crippen LogP contribution in [0.15, 0.2) is 27.8 Å². The molecule has 0 fully saturated rings. The largest absolute Gasteiger partial charge is 0.493 e. The third-order valence-corrected chi connectivity index (χ3v) is 5.03. The van der Waals surface area contributed by atoms with Gasteiger partial charge >= 0.3 is 0 Å². The molecule has 0 aliphatic carbocycles. The number of aliphatic imine (C=N–C) groups is 1. The molecule has 0 aliphatic rings. The van der Waals surface area contributed by atoms with Crippen molar-refractivity contribution in [3.05, 3.63) is 38.3 Å². The van der Waals surface area contributed by atoms with Crippen molar-refractivity contribution in [3.63, 3.8) is 0 Å². The van der Waals surface area contributed by atoms with Crippen molar-refractivity contribution < 1.29 is 9.47 Å². The summed E-state index contributed by atoms with van der Waals surface area (Å²) in [5, 5.41) is 7.59. The van der Waals surface area contributed by atoms with E-state index in [0.717, 1.165) is 27.5 Å². The Hall–Kier alpha value is -1.80. The minimum Gasteiger partial charge on any atom is -0.493 e. The number of nitrogens with one attached hydrogen (secondary N) is 2. The summed E-state index contributed by atoms with van der Waals surface area (Å²) in [6, 6.07) is 3.82. The molecule has 0 amide bonds. The molecule has 0 unspecified atom stereocenters. The summed E-state index contributed by atoms with van der Waals surface area (Å²) in [6.07, 6.45) is 1.88. The van der Waals surface area contributed by atoms with Crippen molar-refractivity contribution in [2.75, 3.05) is 20.8 Å². The van der Waals surface area contributed by atoms with Gasteiger partial charge in [0.05, 0.1) is 27.3 Å². The van der Waals surface area contributed by atoms with Crippen LogP contribution in [0, 0.1) is 6.92 Å². The number of thiazole rings is 1. The molecule has 0 aliphatic heterocycles. The van der Waals surface area contributed by atoms with Crippen LogP contribution in [0.1, 0.15) is 22.4 Å². The molecule has 0 spiro atoms. The minimum absolute atomic E-state index is 0.507. The number of hydrogen-bond acceptors (Lipinski definition) is 5. The molecule has 136 valence electrons. The van der Waals surface area contributed by atoms with E-state index in [4.69, 9.17) is 9.47 Å². The summed E-state index contributed by atoms with van der Waals surface area (Å²) in [5.74, 6) is 2.12. The molecule has 0 bridgehead atoms. The molecule has 6 nitrogen and oxygen atoms in total. The molecule has 0 saturated heterocycles. The predicted molar refractivity (Wildman–Crippen MR) is 106 cm³/mol. The van der Waals surface area contributed by atoms with E-state index in [-0.39, 0.29) is 0 Å². The number of ether oxygens (including phenoxy) is 2. The summed E-state index contributed by atoms with van der Waals surface area (Å²) in [4.78, 5) is 10.2. The van der Waals surface area contributed by atoms with Crippen LogP contribution >= 0.6 is 27.3 Å². The number of nitrogens with zero attached hydrogens (tertiary/aromatic N) is 2. The normalized spacial score (nSPS) is 11.3. The molecule has 2 rings (SSSR count). The first-order chi connectivity index (χ1) is 12.1. The molecule has 1 aromatic heterocycles. The third kappa shape index (κ3) is 5.61. The standard InChI is InChI=1S/C17H23BrN4O2S/c1-5-19-17(22-10-16-20-8-11(2)25-16)21-9-12-6-14(23-3)15(24-4)7-13(12)18/h6-8H,5,9-10H2,1-4H3,(H2,19,21,22). The van der Waals surface area contributed by atoms with E-state index in [1.54, 1.807) is 25.6 Å². The molecule has 25 heavy (non-hydrogen) atoms. The second-order valence-corrected chi connectivity index (χ2v) is 7.39. The van der Waals surface area contributed by atoms with Gasteiger partial charge in [-0.1, -0.05) is 15.9 Å². The molecule has 1 heterocycles. The fourth-order valence-electron chi connectivity index (χ4n) is 2.17. The first-order valence-corrected chi connectivity index (χ1v) is 9.52. The van der Waals surface area contributed by atoms with E-state index in [2.05, 4.69) is 43.5 Å². The highest BCUT2D eigenvalue weighted by Gasteiger charge is 2.10. The van der Waals surface area contributed by atoms with E-state index in [1.807, 2.05) is 25.3 Å².